The Kier molecular flexibility index (Phi) is 4.08. The highest BCUT2D eigenvalue weighted by atomic mass is 35.5. The van der Waals surface area contributed by atoms with E-state index in [0.29, 0.717) is 22.5 Å². The second kappa shape index (κ2) is 5.98. The van der Waals surface area contributed by atoms with Gasteiger partial charge in [-0.15, -0.1) is 0 Å². The molecule has 20 heavy (non-hydrogen) atoms. The molecule has 0 saturated carbocycles. The van der Waals surface area contributed by atoms with Crippen LogP contribution in [0, 0.1) is 0 Å². The number of fused-ring (bicyclic) bond motifs is 1. The molecule has 2 aromatic rings. The number of nitrogens with zero attached hydrogens (tertiary/aromatic N) is 1. The monoisotopic (exact) mass is 291 g/mol. The maximum atomic E-state index is 12.5. The average Bonchev–Trinajstić information content (AvgIpc) is 2.71. The molecule has 1 aromatic heterocycles. The van der Waals surface area contributed by atoms with Crippen LogP contribution in [-0.4, -0.2) is 18.0 Å². The minimum Gasteiger partial charge on any atom is -0.464 e. The van der Waals surface area contributed by atoms with Crippen LogP contribution in [-0.2, 0) is 6.54 Å². The Hall–Kier alpha value is -1.32. The number of likely N-dealkylation sites (tertiary alicyclic amines) is 1. The third-order valence-corrected chi connectivity index (χ3v) is 4.13. The van der Waals surface area contributed by atoms with Crippen LogP contribution in [0.1, 0.15) is 31.2 Å². The number of hydrogen-bond acceptors (Lipinski definition) is 3. The van der Waals surface area contributed by atoms with Crippen LogP contribution < -0.4 is 5.43 Å². The third kappa shape index (κ3) is 2.89. The molecule has 0 amide bonds. The fourth-order valence-electron chi connectivity index (χ4n) is 2.79. The highest BCUT2D eigenvalue weighted by molar-refractivity contribution is 6.31. The minimum atomic E-state index is 0.0398. The highest BCUT2D eigenvalue weighted by Gasteiger charge is 2.13. The SMILES string of the molecule is O=c1c(CN2CCCCCC2)coc2ccc(Cl)cc12. The summed E-state index contributed by atoms with van der Waals surface area (Å²) in [6, 6.07) is 5.17. The van der Waals surface area contributed by atoms with Crippen molar-refractivity contribution in [3.63, 3.8) is 0 Å². The molecule has 2 heterocycles. The summed E-state index contributed by atoms with van der Waals surface area (Å²) in [5.74, 6) is 0. The molecule has 1 aromatic carbocycles. The second-order valence-electron chi connectivity index (χ2n) is 5.42. The Balaban J connectivity index is 1.91. The molecule has 0 bridgehead atoms. The number of benzene rings is 1. The van der Waals surface area contributed by atoms with E-state index in [9.17, 15) is 4.79 Å². The maximum absolute atomic E-state index is 12.5. The zero-order valence-electron chi connectivity index (χ0n) is 11.4. The summed E-state index contributed by atoms with van der Waals surface area (Å²) in [5, 5.41) is 1.14. The molecular weight excluding hydrogens is 274 g/mol. The van der Waals surface area contributed by atoms with E-state index in [2.05, 4.69) is 4.90 Å². The van der Waals surface area contributed by atoms with Gasteiger partial charge in [0.25, 0.3) is 0 Å². The van der Waals surface area contributed by atoms with Crippen molar-refractivity contribution < 1.29 is 4.42 Å². The lowest BCUT2D eigenvalue weighted by atomic mass is 10.1. The van der Waals surface area contributed by atoms with Crippen molar-refractivity contribution in [3.05, 3.63) is 45.3 Å². The molecule has 0 atom stereocenters. The van der Waals surface area contributed by atoms with Gasteiger partial charge in [-0.1, -0.05) is 24.4 Å². The van der Waals surface area contributed by atoms with Crippen molar-refractivity contribution in [3.8, 4) is 0 Å². The number of halogens is 1. The largest absolute Gasteiger partial charge is 0.464 e. The van der Waals surface area contributed by atoms with Crippen LogP contribution in [0.5, 0.6) is 0 Å². The van der Waals surface area contributed by atoms with Crippen molar-refractivity contribution in [2.24, 2.45) is 0 Å². The van der Waals surface area contributed by atoms with Gasteiger partial charge in [-0.05, 0) is 44.1 Å². The van der Waals surface area contributed by atoms with E-state index in [1.165, 1.54) is 25.7 Å². The fourth-order valence-corrected chi connectivity index (χ4v) is 2.96. The standard InChI is InChI=1S/C16H18ClNO2/c17-13-5-6-15-14(9-13)16(19)12(11-20-15)10-18-7-3-1-2-4-8-18/h5-6,9,11H,1-4,7-8,10H2. The molecule has 0 radical (unpaired) electrons. The van der Waals surface area contributed by atoms with Crippen LogP contribution >= 0.6 is 11.6 Å². The van der Waals surface area contributed by atoms with Crippen molar-refractivity contribution in [2.45, 2.75) is 32.2 Å². The fraction of sp³-hybridized carbons (Fsp3) is 0.438. The molecule has 3 rings (SSSR count). The summed E-state index contributed by atoms with van der Waals surface area (Å²) in [4.78, 5) is 14.8. The van der Waals surface area contributed by atoms with E-state index < -0.39 is 0 Å². The lowest BCUT2D eigenvalue weighted by Crippen LogP contribution is -2.27. The zero-order chi connectivity index (χ0) is 13.9. The second-order valence-corrected chi connectivity index (χ2v) is 5.86. The van der Waals surface area contributed by atoms with Gasteiger partial charge in [-0.3, -0.25) is 9.69 Å². The van der Waals surface area contributed by atoms with Gasteiger partial charge in [0.15, 0.2) is 5.43 Å². The van der Waals surface area contributed by atoms with E-state index in [-0.39, 0.29) is 5.43 Å². The Labute approximate surface area is 123 Å². The molecule has 0 aliphatic carbocycles. The minimum absolute atomic E-state index is 0.0398. The van der Waals surface area contributed by atoms with Crippen molar-refractivity contribution in [2.75, 3.05) is 13.1 Å². The first-order valence-corrected chi connectivity index (χ1v) is 7.54. The third-order valence-electron chi connectivity index (χ3n) is 3.90. The summed E-state index contributed by atoms with van der Waals surface area (Å²) in [7, 11) is 0. The van der Waals surface area contributed by atoms with E-state index in [1.807, 2.05) is 0 Å². The van der Waals surface area contributed by atoms with E-state index in [4.69, 9.17) is 16.0 Å². The Morgan fingerprint density at radius 3 is 2.65 bits per heavy atom. The molecule has 1 fully saturated rings. The van der Waals surface area contributed by atoms with Crippen molar-refractivity contribution in [1.29, 1.82) is 0 Å². The molecule has 4 heteroatoms. The normalized spacial score (nSPS) is 17.2. The highest BCUT2D eigenvalue weighted by Crippen LogP contribution is 2.18. The first kappa shape index (κ1) is 13.7. The van der Waals surface area contributed by atoms with Gasteiger partial charge in [0.1, 0.15) is 5.58 Å². The predicted octanol–water partition coefficient (Wildman–Crippen LogP) is 3.82. The topological polar surface area (TPSA) is 33.5 Å². The molecule has 0 N–H and O–H groups in total. The molecule has 1 aliphatic rings. The van der Waals surface area contributed by atoms with Crippen LogP contribution in [0.2, 0.25) is 5.02 Å². The van der Waals surface area contributed by atoms with Crippen LogP contribution in [0.25, 0.3) is 11.0 Å². The molecule has 106 valence electrons. The molecule has 3 nitrogen and oxygen atoms in total. The number of rotatable bonds is 2. The van der Waals surface area contributed by atoms with Crippen LogP contribution in [0.3, 0.4) is 0 Å². The zero-order valence-corrected chi connectivity index (χ0v) is 12.2. The van der Waals surface area contributed by atoms with Gasteiger partial charge in [0.05, 0.1) is 11.6 Å². The first-order valence-electron chi connectivity index (χ1n) is 7.16. The quantitative estimate of drug-likeness (QED) is 0.843. The predicted molar refractivity (Wildman–Crippen MR) is 81.2 cm³/mol. The van der Waals surface area contributed by atoms with Gasteiger partial charge < -0.3 is 4.42 Å². The lowest BCUT2D eigenvalue weighted by Gasteiger charge is -2.19. The summed E-state index contributed by atoms with van der Waals surface area (Å²) in [6.07, 6.45) is 6.61. The Morgan fingerprint density at radius 2 is 1.90 bits per heavy atom. The number of hydrogen-bond donors (Lipinski definition) is 0. The van der Waals surface area contributed by atoms with Crippen molar-refractivity contribution in [1.82, 2.24) is 4.90 Å². The summed E-state index contributed by atoms with van der Waals surface area (Å²) in [5.41, 5.74) is 1.36. The summed E-state index contributed by atoms with van der Waals surface area (Å²) < 4.78 is 5.57. The summed E-state index contributed by atoms with van der Waals surface area (Å²) >= 11 is 5.97. The van der Waals surface area contributed by atoms with E-state index in [0.717, 1.165) is 18.7 Å². The van der Waals surface area contributed by atoms with Gasteiger partial charge in [-0.2, -0.15) is 0 Å². The van der Waals surface area contributed by atoms with Gasteiger partial charge in [0.2, 0.25) is 0 Å². The average molecular weight is 292 g/mol. The maximum Gasteiger partial charge on any atom is 0.197 e. The van der Waals surface area contributed by atoms with Crippen LogP contribution in [0.15, 0.2) is 33.7 Å². The molecule has 0 spiro atoms. The first-order chi connectivity index (χ1) is 9.74. The van der Waals surface area contributed by atoms with E-state index in [1.54, 1.807) is 24.5 Å². The Bertz CT molecular complexity index is 657. The van der Waals surface area contributed by atoms with Crippen LogP contribution in [0.4, 0.5) is 0 Å². The van der Waals surface area contributed by atoms with Crippen molar-refractivity contribution >= 4 is 22.6 Å². The van der Waals surface area contributed by atoms with E-state index >= 15 is 0 Å². The molecule has 1 aliphatic heterocycles. The lowest BCUT2D eigenvalue weighted by molar-refractivity contribution is 0.274. The van der Waals surface area contributed by atoms with Gasteiger partial charge in [-0.25, -0.2) is 0 Å². The Morgan fingerprint density at radius 1 is 1.15 bits per heavy atom. The van der Waals surface area contributed by atoms with Gasteiger partial charge >= 0.3 is 0 Å². The summed E-state index contributed by atoms with van der Waals surface area (Å²) in [6.45, 7) is 2.80. The molecule has 0 unspecified atom stereocenters. The molecule has 1 saturated heterocycles. The van der Waals surface area contributed by atoms with Gasteiger partial charge in [0, 0.05) is 17.1 Å². The molecular formula is C16H18ClNO2. The smallest absolute Gasteiger partial charge is 0.197 e.